The van der Waals surface area contributed by atoms with Gasteiger partial charge >= 0.3 is 0 Å². The summed E-state index contributed by atoms with van der Waals surface area (Å²) in [6, 6.07) is 0.296. The highest BCUT2D eigenvalue weighted by Crippen LogP contribution is 2.30. The van der Waals surface area contributed by atoms with Crippen molar-refractivity contribution in [1.82, 2.24) is 20.4 Å². The Morgan fingerprint density at radius 2 is 2.10 bits per heavy atom. The summed E-state index contributed by atoms with van der Waals surface area (Å²) in [5, 5.41) is 7.07. The van der Waals surface area contributed by atoms with Gasteiger partial charge in [-0.25, -0.2) is 0 Å². The van der Waals surface area contributed by atoms with Gasteiger partial charge in [-0.3, -0.25) is 9.69 Å². The molecule has 6 nitrogen and oxygen atoms in total. The third-order valence-corrected chi connectivity index (χ3v) is 4.70. The first-order valence-electron chi connectivity index (χ1n) is 7.94. The SMILES string of the molecule is Cc1noc([C@H]2C[C@H](NC(=O)C3CCCCC3)CN2C)n1. The molecule has 0 spiro atoms. The van der Waals surface area contributed by atoms with Gasteiger partial charge < -0.3 is 9.84 Å². The summed E-state index contributed by atoms with van der Waals surface area (Å²) in [4.78, 5) is 18.8. The van der Waals surface area contributed by atoms with E-state index in [1.54, 1.807) is 0 Å². The highest BCUT2D eigenvalue weighted by atomic mass is 16.5. The van der Waals surface area contributed by atoms with Gasteiger partial charge in [-0.15, -0.1) is 0 Å². The van der Waals surface area contributed by atoms with Crippen LogP contribution in [0.2, 0.25) is 0 Å². The molecule has 1 saturated heterocycles. The summed E-state index contributed by atoms with van der Waals surface area (Å²) in [5.41, 5.74) is 0. The quantitative estimate of drug-likeness (QED) is 0.920. The Morgan fingerprint density at radius 1 is 1.33 bits per heavy atom. The lowest BCUT2D eigenvalue weighted by Crippen LogP contribution is -2.40. The Morgan fingerprint density at radius 3 is 2.76 bits per heavy atom. The van der Waals surface area contributed by atoms with Crippen LogP contribution >= 0.6 is 0 Å². The fourth-order valence-electron chi connectivity index (χ4n) is 3.53. The molecule has 116 valence electrons. The van der Waals surface area contributed by atoms with E-state index in [2.05, 4.69) is 20.4 Å². The number of likely N-dealkylation sites (tertiary alicyclic amines) is 1. The predicted molar refractivity (Wildman–Crippen MR) is 77.5 cm³/mol. The second-order valence-electron chi connectivity index (χ2n) is 6.41. The lowest BCUT2D eigenvalue weighted by molar-refractivity contribution is -0.126. The molecule has 0 unspecified atom stereocenters. The van der Waals surface area contributed by atoms with Crippen LogP contribution in [0.25, 0.3) is 0 Å². The van der Waals surface area contributed by atoms with Gasteiger partial charge in [0, 0.05) is 18.5 Å². The van der Waals surface area contributed by atoms with Gasteiger partial charge in [0.25, 0.3) is 0 Å². The van der Waals surface area contributed by atoms with E-state index >= 15 is 0 Å². The number of nitrogens with one attached hydrogen (secondary N) is 1. The van der Waals surface area contributed by atoms with Gasteiger partial charge in [0.1, 0.15) is 0 Å². The van der Waals surface area contributed by atoms with Crippen molar-refractivity contribution in [3.05, 3.63) is 11.7 Å². The molecule has 21 heavy (non-hydrogen) atoms. The number of carbonyl (C=O) groups excluding carboxylic acids is 1. The van der Waals surface area contributed by atoms with Crippen LogP contribution in [0, 0.1) is 12.8 Å². The molecule has 0 bridgehead atoms. The van der Waals surface area contributed by atoms with E-state index in [9.17, 15) is 4.79 Å². The molecule has 3 rings (SSSR count). The molecule has 0 radical (unpaired) electrons. The average molecular weight is 292 g/mol. The van der Waals surface area contributed by atoms with Gasteiger partial charge in [-0.1, -0.05) is 24.4 Å². The van der Waals surface area contributed by atoms with Crippen LogP contribution < -0.4 is 5.32 Å². The van der Waals surface area contributed by atoms with Gasteiger partial charge in [-0.05, 0) is 33.2 Å². The molecule has 1 aromatic rings. The number of nitrogens with zero attached hydrogens (tertiary/aromatic N) is 3. The van der Waals surface area contributed by atoms with Crippen molar-refractivity contribution in [1.29, 1.82) is 0 Å². The number of amides is 1. The van der Waals surface area contributed by atoms with Gasteiger partial charge in [-0.2, -0.15) is 4.98 Å². The molecule has 2 fully saturated rings. The van der Waals surface area contributed by atoms with Crippen molar-refractivity contribution < 1.29 is 9.32 Å². The van der Waals surface area contributed by atoms with Crippen molar-refractivity contribution in [3.8, 4) is 0 Å². The van der Waals surface area contributed by atoms with E-state index in [1.165, 1.54) is 19.3 Å². The van der Waals surface area contributed by atoms with Crippen molar-refractivity contribution in [2.45, 2.75) is 57.5 Å². The Labute approximate surface area is 125 Å². The molecular formula is C15H24N4O2. The molecule has 2 heterocycles. The Kier molecular flexibility index (Phi) is 4.24. The molecule has 1 aliphatic heterocycles. The van der Waals surface area contributed by atoms with Gasteiger partial charge in [0.15, 0.2) is 5.82 Å². The Hall–Kier alpha value is -1.43. The standard InChI is InChI=1S/C15H24N4O2/c1-10-16-15(21-18-10)13-8-12(9-19(13)2)17-14(20)11-6-4-3-5-7-11/h11-13H,3-9H2,1-2H3,(H,17,20)/t12-,13+/m0/s1. The molecular weight excluding hydrogens is 268 g/mol. The number of rotatable bonds is 3. The summed E-state index contributed by atoms with van der Waals surface area (Å²) in [6.45, 7) is 2.66. The molecule has 1 aromatic heterocycles. The maximum Gasteiger partial charge on any atom is 0.244 e. The minimum Gasteiger partial charge on any atom is -0.352 e. The van der Waals surface area contributed by atoms with E-state index in [-0.39, 0.29) is 23.9 Å². The zero-order chi connectivity index (χ0) is 14.8. The smallest absolute Gasteiger partial charge is 0.244 e. The zero-order valence-electron chi connectivity index (χ0n) is 12.8. The molecule has 0 aromatic carbocycles. The predicted octanol–water partition coefficient (Wildman–Crippen LogP) is 1.82. The second-order valence-corrected chi connectivity index (χ2v) is 6.41. The number of aromatic nitrogens is 2. The van der Waals surface area contributed by atoms with Crippen LogP contribution in [0.15, 0.2) is 4.52 Å². The molecule has 2 aliphatic rings. The van der Waals surface area contributed by atoms with Crippen LogP contribution in [0.4, 0.5) is 0 Å². The number of aryl methyl sites for hydroxylation is 1. The third-order valence-electron chi connectivity index (χ3n) is 4.70. The summed E-state index contributed by atoms with van der Waals surface area (Å²) in [7, 11) is 2.04. The van der Waals surface area contributed by atoms with E-state index < -0.39 is 0 Å². The topological polar surface area (TPSA) is 71.3 Å². The fraction of sp³-hybridized carbons (Fsp3) is 0.800. The maximum absolute atomic E-state index is 12.3. The summed E-state index contributed by atoms with van der Waals surface area (Å²) in [5.74, 6) is 1.77. The highest BCUT2D eigenvalue weighted by molar-refractivity contribution is 5.79. The minimum atomic E-state index is 0.114. The van der Waals surface area contributed by atoms with Crippen LogP contribution in [0.3, 0.4) is 0 Å². The average Bonchev–Trinajstić information content (AvgIpc) is 3.06. The van der Waals surface area contributed by atoms with Gasteiger partial charge in [0.05, 0.1) is 6.04 Å². The van der Waals surface area contributed by atoms with Crippen LogP contribution in [0.1, 0.15) is 56.3 Å². The number of likely N-dealkylation sites (N-methyl/N-ethyl adjacent to an activating group) is 1. The zero-order valence-corrected chi connectivity index (χ0v) is 12.8. The largest absolute Gasteiger partial charge is 0.352 e. The molecule has 1 aliphatic carbocycles. The first-order chi connectivity index (χ1) is 10.1. The Balaban J connectivity index is 1.57. The Bertz CT molecular complexity index is 496. The molecule has 6 heteroatoms. The fourth-order valence-corrected chi connectivity index (χ4v) is 3.53. The van der Waals surface area contributed by atoms with Crippen molar-refractivity contribution in [3.63, 3.8) is 0 Å². The lowest BCUT2D eigenvalue weighted by atomic mass is 9.88. The maximum atomic E-state index is 12.3. The summed E-state index contributed by atoms with van der Waals surface area (Å²) in [6.07, 6.45) is 6.57. The molecule has 1 saturated carbocycles. The van der Waals surface area contributed by atoms with E-state index in [0.717, 1.165) is 25.8 Å². The first-order valence-corrected chi connectivity index (χ1v) is 7.94. The number of hydrogen-bond acceptors (Lipinski definition) is 5. The summed E-state index contributed by atoms with van der Waals surface area (Å²) >= 11 is 0. The summed E-state index contributed by atoms with van der Waals surface area (Å²) < 4.78 is 5.27. The normalized spacial score (nSPS) is 27.9. The molecule has 1 N–H and O–H groups in total. The van der Waals surface area contributed by atoms with Gasteiger partial charge in [0.2, 0.25) is 11.8 Å². The van der Waals surface area contributed by atoms with E-state index in [1.807, 2.05) is 14.0 Å². The van der Waals surface area contributed by atoms with Crippen molar-refractivity contribution in [2.75, 3.05) is 13.6 Å². The van der Waals surface area contributed by atoms with E-state index in [0.29, 0.717) is 11.7 Å². The lowest BCUT2D eigenvalue weighted by Gasteiger charge is -2.22. The van der Waals surface area contributed by atoms with Crippen molar-refractivity contribution in [2.24, 2.45) is 5.92 Å². The number of carbonyl (C=O) groups is 1. The third kappa shape index (κ3) is 3.26. The second kappa shape index (κ2) is 6.13. The first kappa shape index (κ1) is 14.5. The number of hydrogen-bond donors (Lipinski definition) is 1. The van der Waals surface area contributed by atoms with Crippen LogP contribution in [-0.2, 0) is 4.79 Å². The minimum absolute atomic E-state index is 0.114. The highest BCUT2D eigenvalue weighted by Gasteiger charge is 2.35. The van der Waals surface area contributed by atoms with Crippen molar-refractivity contribution >= 4 is 5.91 Å². The molecule has 2 atom stereocenters. The molecule has 1 amide bonds. The van der Waals surface area contributed by atoms with Crippen LogP contribution in [-0.4, -0.2) is 40.6 Å². The monoisotopic (exact) mass is 292 g/mol. The van der Waals surface area contributed by atoms with Crippen LogP contribution in [0.5, 0.6) is 0 Å². The van der Waals surface area contributed by atoms with E-state index in [4.69, 9.17) is 4.52 Å².